The molecule has 2 aliphatic rings. The van der Waals surface area contributed by atoms with Gasteiger partial charge in [-0.05, 0) is 190 Å². The number of para-hydroxylation sites is 4. The van der Waals surface area contributed by atoms with Crippen LogP contribution in [0, 0.1) is 0 Å². The highest BCUT2D eigenvalue weighted by Crippen LogP contribution is 2.57. The van der Waals surface area contributed by atoms with Crippen LogP contribution < -0.4 is 26.2 Å². The lowest BCUT2D eigenvalue weighted by Gasteiger charge is -2.46. The highest BCUT2D eigenvalue weighted by Gasteiger charge is 2.46. The third-order valence-corrected chi connectivity index (χ3v) is 24.1. The van der Waals surface area contributed by atoms with Crippen LogP contribution in [-0.2, 0) is 10.8 Å². The molecule has 115 heavy (non-hydrogen) atoms. The minimum Gasteiger partial charge on any atom is -0.310 e. The molecule has 0 bridgehead atoms. The monoisotopic (exact) mass is 1480 g/mol. The second-order valence-electron chi connectivity index (χ2n) is 33.0. The number of benzene rings is 17. The second kappa shape index (κ2) is 26.3. The number of hydrogen-bond donors (Lipinski definition) is 0. The smallest absolute Gasteiger partial charge is 0.252 e. The Morgan fingerprint density at radius 2 is 0.635 bits per heavy atom. The van der Waals surface area contributed by atoms with Crippen molar-refractivity contribution in [3.05, 3.63) is 393 Å². The molecule has 0 unspecified atom stereocenters. The number of anilines is 6. The molecule has 5 heterocycles. The number of nitrogens with zero attached hydrogens (tertiary/aromatic N) is 4. The second-order valence-corrected chi connectivity index (χ2v) is 33.0. The molecule has 0 spiro atoms. The molecule has 5 heteroatoms. The molecule has 17 aromatic carbocycles. The van der Waals surface area contributed by atoms with Gasteiger partial charge in [-0.15, -0.1) is 0 Å². The third-order valence-electron chi connectivity index (χ3n) is 24.1. The molecule has 4 nitrogen and oxygen atoms in total. The van der Waals surface area contributed by atoms with Crippen molar-refractivity contribution in [2.75, 3.05) is 9.80 Å². The summed E-state index contributed by atoms with van der Waals surface area (Å²) >= 11 is 0. The predicted octanol–water partition coefficient (Wildman–Crippen LogP) is 27.9. The SMILES string of the molecule is [2H]c1c([2H])c([2H])c2c(c1[2H])c1c([2H])c([2H])c([2H])c([2H])c1n2-c1ccc2c(c1)N(c1c(-c3ccccc3)cc(-c3ccccc3)cc1-c1ccccc1)c1cc(-c3ccc4c(c3)c3cccc5c6ccccc6n4c53)cc3c1B2c1ccc(-c2cc(C(C)(C)C)cc(C(C)(C)C)c2)cc1N3c1c(-c2ccccc2)cc(-c2ccccc2)cc1-c1ccccc1. The minimum atomic E-state index is -0.562. The van der Waals surface area contributed by atoms with Gasteiger partial charge in [0.1, 0.15) is 0 Å². The Kier molecular flexibility index (Phi) is 13.7. The van der Waals surface area contributed by atoms with Crippen molar-refractivity contribution in [1.29, 1.82) is 0 Å². The van der Waals surface area contributed by atoms with E-state index < -0.39 is 43.0 Å². The van der Waals surface area contributed by atoms with Crippen molar-refractivity contribution < 1.29 is 11.0 Å². The van der Waals surface area contributed by atoms with E-state index in [-0.39, 0.29) is 44.7 Å². The summed E-state index contributed by atoms with van der Waals surface area (Å²) in [7, 11) is 0. The van der Waals surface area contributed by atoms with Crippen LogP contribution in [0.4, 0.5) is 34.1 Å². The van der Waals surface area contributed by atoms with Crippen LogP contribution in [0.25, 0.3) is 155 Å². The summed E-state index contributed by atoms with van der Waals surface area (Å²) in [6.07, 6.45) is 0. The molecule has 2 aliphatic heterocycles. The average molecular weight is 1480 g/mol. The Balaban J connectivity index is 0.953. The van der Waals surface area contributed by atoms with Crippen molar-refractivity contribution in [3.63, 3.8) is 0 Å². The van der Waals surface area contributed by atoms with Gasteiger partial charge in [-0.25, -0.2) is 0 Å². The van der Waals surface area contributed by atoms with Crippen LogP contribution in [0.5, 0.6) is 0 Å². The average Bonchev–Trinajstić information content (AvgIpc) is 1.49. The minimum absolute atomic E-state index is 0.000693. The normalized spacial score (nSPS) is 13.7. The molecule has 22 rings (SSSR count). The van der Waals surface area contributed by atoms with E-state index in [1.54, 1.807) is 4.57 Å². The fraction of sp³-hybridized carbons (Fsp3) is 0.0727. The van der Waals surface area contributed by atoms with E-state index >= 15 is 0 Å². The van der Waals surface area contributed by atoms with Crippen LogP contribution in [0.3, 0.4) is 0 Å². The Morgan fingerprint density at radius 1 is 0.261 bits per heavy atom. The van der Waals surface area contributed by atoms with Gasteiger partial charge in [-0.3, -0.25) is 0 Å². The van der Waals surface area contributed by atoms with E-state index in [1.165, 1.54) is 27.4 Å². The van der Waals surface area contributed by atoms with Gasteiger partial charge in [0.2, 0.25) is 0 Å². The van der Waals surface area contributed by atoms with Gasteiger partial charge in [0.05, 0.1) is 49.9 Å². The van der Waals surface area contributed by atoms with Crippen molar-refractivity contribution in [3.8, 4) is 94.7 Å². The molecule has 0 amide bonds. The lowest BCUT2D eigenvalue weighted by atomic mass is 9.33. The maximum Gasteiger partial charge on any atom is 0.252 e. The fourth-order valence-electron chi connectivity index (χ4n) is 18.6. The Bertz CT molecular complexity index is 7560. The topological polar surface area (TPSA) is 15.8 Å². The van der Waals surface area contributed by atoms with Crippen LogP contribution in [0.1, 0.15) is 63.6 Å². The molecule has 0 atom stereocenters. The van der Waals surface area contributed by atoms with E-state index in [1.807, 2.05) is 6.07 Å². The van der Waals surface area contributed by atoms with E-state index in [4.69, 9.17) is 0 Å². The molecule has 0 aliphatic carbocycles. The molecule has 0 saturated heterocycles. The maximum atomic E-state index is 10.0. The number of rotatable bonds is 11. The van der Waals surface area contributed by atoms with Crippen molar-refractivity contribution in [2.24, 2.45) is 0 Å². The first-order chi connectivity index (χ1) is 59.6. The van der Waals surface area contributed by atoms with E-state index in [2.05, 4.69) is 383 Å². The molecule has 0 N–H and O–H groups in total. The first-order valence-electron chi connectivity index (χ1n) is 43.7. The van der Waals surface area contributed by atoms with Crippen molar-refractivity contribution in [2.45, 2.75) is 52.4 Å². The van der Waals surface area contributed by atoms with E-state index in [0.29, 0.717) is 5.69 Å². The Labute approximate surface area is 683 Å². The maximum absolute atomic E-state index is 10.0. The molecule has 0 radical (unpaired) electrons. The van der Waals surface area contributed by atoms with Gasteiger partial charge >= 0.3 is 0 Å². The largest absolute Gasteiger partial charge is 0.310 e. The van der Waals surface area contributed by atoms with Gasteiger partial charge in [-0.2, -0.15) is 0 Å². The quantitative estimate of drug-likeness (QED) is 0.120. The van der Waals surface area contributed by atoms with Crippen molar-refractivity contribution in [1.82, 2.24) is 8.97 Å². The van der Waals surface area contributed by atoms with Gasteiger partial charge < -0.3 is 18.8 Å². The van der Waals surface area contributed by atoms with Crippen LogP contribution in [-0.4, -0.2) is 15.7 Å². The summed E-state index contributed by atoms with van der Waals surface area (Å²) in [5.41, 5.74) is 30.2. The number of fused-ring (bicyclic) bond motifs is 13. The lowest BCUT2D eigenvalue weighted by molar-refractivity contribution is 0.569. The van der Waals surface area contributed by atoms with Gasteiger partial charge in [0.25, 0.3) is 6.71 Å². The summed E-state index contributed by atoms with van der Waals surface area (Å²) in [5.74, 6) is 0. The number of aromatic nitrogens is 2. The highest BCUT2D eigenvalue weighted by atomic mass is 15.2. The molecular weight excluding hydrogens is 1390 g/mol. The zero-order chi connectivity index (χ0) is 83.9. The van der Waals surface area contributed by atoms with Crippen LogP contribution in [0.2, 0.25) is 0 Å². The lowest BCUT2D eigenvalue weighted by Crippen LogP contribution is -2.61. The summed E-state index contributed by atoms with van der Waals surface area (Å²) in [6.45, 7) is 13.2. The Hall–Kier alpha value is -14.0. The third kappa shape index (κ3) is 11.0. The first-order valence-corrected chi connectivity index (χ1v) is 39.7. The van der Waals surface area contributed by atoms with Crippen LogP contribution in [0.15, 0.2) is 382 Å². The summed E-state index contributed by atoms with van der Waals surface area (Å²) in [6, 6.07) is 118. The summed E-state index contributed by atoms with van der Waals surface area (Å²) in [5, 5.41) is 4.65. The highest BCUT2D eigenvalue weighted by molar-refractivity contribution is 7.00. The first kappa shape index (κ1) is 59.8. The van der Waals surface area contributed by atoms with Gasteiger partial charge in [0.15, 0.2) is 0 Å². The van der Waals surface area contributed by atoms with E-state index in [9.17, 15) is 11.0 Å². The van der Waals surface area contributed by atoms with Crippen molar-refractivity contribution >= 4 is 117 Å². The zero-order valence-corrected chi connectivity index (χ0v) is 64.6. The molecule has 0 fully saturated rings. The predicted molar refractivity (Wildman–Crippen MR) is 490 cm³/mol. The molecular formula is C110H81BN4. The van der Waals surface area contributed by atoms with E-state index in [0.717, 1.165) is 161 Å². The molecule has 0 saturated carbocycles. The standard InChI is InChI=1S/C110H81BN4/c1-109(2,3)82-58-78(59-83(68-82)110(4,5)6)77-52-55-95-101(65-77)114(107-90(72-36-17-9-18-37-72)61-79(70-32-13-7-14-33-70)62-91(107)73-38-19-10-20-39-73)103-66-81(76-53-57-100-94(60-76)89-48-31-47-88-87-46-27-30-51-99(87)113(100)106(88)89)67-104-105(103)111(95)96-56-54-84(112-97-49-28-25-44-85(97)86-45-26-29-50-98(86)112)69-102(96)115(104)108-92(74-40-21-11-22-41-74)63-80(71-34-15-8-16-35-71)64-93(108)75-42-23-12-24-43-75/h7-69H,1-6H3/i25D,26D,28D,29D,44D,45D,49D,50D. The summed E-state index contributed by atoms with van der Waals surface area (Å²) in [4.78, 5) is 5.09. The van der Waals surface area contributed by atoms with Crippen LogP contribution >= 0.6 is 0 Å². The molecule has 544 valence electrons. The summed E-state index contributed by atoms with van der Waals surface area (Å²) < 4.78 is 80.9. The Morgan fingerprint density at radius 3 is 1.12 bits per heavy atom. The van der Waals surface area contributed by atoms with Gasteiger partial charge in [-0.1, -0.05) is 339 Å². The number of hydrogen-bond acceptors (Lipinski definition) is 2. The molecule has 3 aromatic heterocycles. The fourth-order valence-corrected chi connectivity index (χ4v) is 18.6. The molecule has 20 aromatic rings. The zero-order valence-electron chi connectivity index (χ0n) is 72.6. The van der Waals surface area contributed by atoms with Gasteiger partial charge in [0, 0.05) is 83.0 Å².